The highest BCUT2D eigenvalue weighted by molar-refractivity contribution is 9.09. The van der Waals surface area contributed by atoms with E-state index in [1.54, 1.807) is 0 Å². The minimum Gasteiger partial charge on any atom is -0.396 e. The van der Waals surface area contributed by atoms with Gasteiger partial charge in [-0.05, 0) is 38.3 Å². The van der Waals surface area contributed by atoms with Crippen molar-refractivity contribution in [3.63, 3.8) is 0 Å². The molecule has 78 valence electrons. The van der Waals surface area contributed by atoms with Gasteiger partial charge in [0.15, 0.2) is 0 Å². The van der Waals surface area contributed by atoms with Crippen LogP contribution in [-0.4, -0.2) is 41.6 Å². The van der Waals surface area contributed by atoms with Crippen LogP contribution in [0.4, 0.5) is 0 Å². The van der Waals surface area contributed by atoms with Crippen molar-refractivity contribution in [1.29, 1.82) is 0 Å². The molecule has 0 amide bonds. The number of likely N-dealkylation sites (tertiary alicyclic amines) is 1. The fourth-order valence-electron chi connectivity index (χ4n) is 1.87. The van der Waals surface area contributed by atoms with Gasteiger partial charge in [0.1, 0.15) is 0 Å². The summed E-state index contributed by atoms with van der Waals surface area (Å²) in [6, 6.07) is 0. The molecule has 0 aliphatic carbocycles. The zero-order valence-corrected chi connectivity index (χ0v) is 9.80. The lowest BCUT2D eigenvalue weighted by molar-refractivity contribution is 0.221. The summed E-state index contributed by atoms with van der Waals surface area (Å²) in [6.45, 7) is 3.91. The van der Waals surface area contributed by atoms with Gasteiger partial charge in [-0.1, -0.05) is 22.4 Å². The van der Waals surface area contributed by atoms with Crippen molar-refractivity contribution >= 4 is 15.9 Å². The Bertz CT molecular complexity index is 132. The zero-order chi connectivity index (χ0) is 9.52. The Morgan fingerprint density at radius 3 is 2.77 bits per heavy atom. The van der Waals surface area contributed by atoms with E-state index in [4.69, 9.17) is 5.11 Å². The number of hydrogen-bond donors (Lipinski definition) is 1. The highest BCUT2D eigenvalue weighted by Crippen LogP contribution is 2.15. The Morgan fingerprint density at radius 2 is 2.15 bits per heavy atom. The Kier molecular flexibility index (Phi) is 6.00. The monoisotopic (exact) mass is 249 g/mol. The van der Waals surface area contributed by atoms with Crippen molar-refractivity contribution in [1.82, 2.24) is 4.90 Å². The highest BCUT2D eigenvalue weighted by Gasteiger charge is 2.20. The number of rotatable bonds is 6. The van der Waals surface area contributed by atoms with Gasteiger partial charge in [-0.25, -0.2) is 0 Å². The fraction of sp³-hybridized carbons (Fsp3) is 1.00. The predicted molar refractivity (Wildman–Crippen MR) is 59.3 cm³/mol. The molecule has 2 nitrogen and oxygen atoms in total. The summed E-state index contributed by atoms with van der Waals surface area (Å²) < 4.78 is 0. The molecule has 1 fully saturated rings. The highest BCUT2D eigenvalue weighted by atomic mass is 79.9. The number of halogens is 1. The lowest BCUT2D eigenvalue weighted by atomic mass is 10.1. The lowest BCUT2D eigenvalue weighted by Crippen LogP contribution is -2.22. The Balaban J connectivity index is 1.97. The standard InChI is InChI=1S/C10H20BrNO/c11-5-2-1-3-6-12-7-4-10(8-12)9-13/h10,13H,1-9H2. The molecule has 1 aliphatic rings. The van der Waals surface area contributed by atoms with Crippen LogP contribution < -0.4 is 0 Å². The smallest absolute Gasteiger partial charge is 0.0471 e. The third-order valence-electron chi connectivity index (χ3n) is 2.74. The van der Waals surface area contributed by atoms with Crippen molar-refractivity contribution in [3.05, 3.63) is 0 Å². The Hall–Kier alpha value is 0.400. The maximum absolute atomic E-state index is 8.96. The van der Waals surface area contributed by atoms with Crippen LogP contribution in [0.5, 0.6) is 0 Å². The van der Waals surface area contributed by atoms with Crippen LogP contribution in [0.25, 0.3) is 0 Å². The topological polar surface area (TPSA) is 23.5 Å². The molecule has 1 unspecified atom stereocenters. The van der Waals surface area contributed by atoms with Crippen LogP contribution in [0.3, 0.4) is 0 Å². The van der Waals surface area contributed by atoms with E-state index >= 15 is 0 Å². The average Bonchev–Trinajstić information content (AvgIpc) is 2.60. The summed E-state index contributed by atoms with van der Waals surface area (Å²) in [5.74, 6) is 0.552. The molecule has 1 rings (SSSR count). The Labute approximate surface area is 89.4 Å². The third kappa shape index (κ3) is 4.43. The van der Waals surface area contributed by atoms with E-state index in [9.17, 15) is 0 Å². The van der Waals surface area contributed by atoms with Crippen LogP contribution in [0, 0.1) is 5.92 Å². The lowest BCUT2D eigenvalue weighted by Gasteiger charge is -2.14. The van der Waals surface area contributed by atoms with Crippen molar-refractivity contribution < 1.29 is 5.11 Å². The van der Waals surface area contributed by atoms with Crippen LogP contribution in [-0.2, 0) is 0 Å². The minimum absolute atomic E-state index is 0.373. The number of unbranched alkanes of at least 4 members (excludes halogenated alkanes) is 2. The van der Waals surface area contributed by atoms with Crippen molar-refractivity contribution in [2.45, 2.75) is 25.7 Å². The van der Waals surface area contributed by atoms with Gasteiger partial charge in [0.05, 0.1) is 0 Å². The largest absolute Gasteiger partial charge is 0.396 e. The number of aliphatic hydroxyl groups excluding tert-OH is 1. The molecule has 0 saturated carbocycles. The number of aliphatic hydroxyl groups is 1. The second-order valence-corrected chi connectivity index (χ2v) is 4.68. The van der Waals surface area contributed by atoms with Crippen molar-refractivity contribution in [2.75, 3.05) is 31.6 Å². The van der Waals surface area contributed by atoms with Gasteiger partial charge < -0.3 is 10.0 Å². The molecule has 0 bridgehead atoms. The van der Waals surface area contributed by atoms with E-state index in [0.29, 0.717) is 12.5 Å². The molecule has 0 aromatic heterocycles. The maximum Gasteiger partial charge on any atom is 0.0471 e. The van der Waals surface area contributed by atoms with Crippen LogP contribution in [0.2, 0.25) is 0 Å². The summed E-state index contributed by atoms with van der Waals surface area (Å²) in [7, 11) is 0. The van der Waals surface area contributed by atoms with Crippen molar-refractivity contribution in [2.24, 2.45) is 5.92 Å². The molecule has 3 heteroatoms. The first-order chi connectivity index (χ1) is 6.36. The fourth-order valence-corrected chi connectivity index (χ4v) is 2.27. The van der Waals surface area contributed by atoms with Gasteiger partial charge in [-0.15, -0.1) is 0 Å². The summed E-state index contributed by atoms with van der Waals surface area (Å²) in [4.78, 5) is 2.48. The first-order valence-electron chi connectivity index (χ1n) is 5.26. The second-order valence-electron chi connectivity index (χ2n) is 3.89. The van der Waals surface area contributed by atoms with E-state index in [0.717, 1.165) is 11.9 Å². The van der Waals surface area contributed by atoms with Crippen molar-refractivity contribution in [3.8, 4) is 0 Å². The molecule has 0 spiro atoms. The van der Waals surface area contributed by atoms with Crippen LogP contribution in [0.1, 0.15) is 25.7 Å². The molecule has 13 heavy (non-hydrogen) atoms. The SMILES string of the molecule is OCC1CCN(CCCCCBr)C1. The number of alkyl halides is 1. The first kappa shape index (κ1) is 11.5. The molecule has 0 radical (unpaired) electrons. The molecule has 1 heterocycles. The summed E-state index contributed by atoms with van der Waals surface area (Å²) in [5, 5.41) is 10.1. The maximum atomic E-state index is 8.96. The molecule has 1 saturated heterocycles. The van der Waals surface area contributed by atoms with Gasteiger partial charge in [0.2, 0.25) is 0 Å². The van der Waals surface area contributed by atoms with Gasteiger partial charge in [0.25, 0.3) is 0 Å². The van der Waals surface area contributed by atoms with Gasteiger partial charge >= 0.3 is 0 Å². The van der Waals surface area contributed by atoms with E-state index in [-0.39, 0.29) is 0 Å². The number of nitrogens with zero attached hydrogens (tertiary/aromatic N) is 1. The summed E-state index contributed by atoms with van der Waals surface area (Å²) in [5.41, 5.74) is 0. The molecular weight excluding hydrogens is 230 g/mol. The average molecular weight is 250 g/mol. The zero-order valence-electron chi connectivity index (χ0n) is 8.21. The Morgan fingerprint density at radius 1 is 1.31 bits per heavy atom. The van der Waals surface area contributed by atoms with E-state index in [1.807, 2.05) is 0 Å². The van der Waals surface area contributed by atoms with E-state index < -0.39 is 0 Å². The molecular formula is C10H20BrNO. The van der Waals surface area contributed by atoms with E-state index in [2.05, 4.69) is 20.8 Å². The third-order valence-corrected chi connectivity index (χ3v) is 3.30. The predicted octanol–water partition coefficient (Wildman–Crippen LogP) is 1.87. The molecule has 1 N–H and O–H groups in total. The van der Waals surface area contributed by atoms with Crippen LogP contribution >= 0.6 is 15.9 Å². The molecule has 1 aliphatic heterocycles. The molecule has 1 atom stereocenters. The normalized spacial score (nSPS) is 24.0. The van der Waals surface area contributed by atoms with Gasteiger partial charge in [-0.3, -0.25) is 0 Å². The van der Waals surface area contributed by atoms with Gasteiger partial charge in [-0.2, -0.15) is 0 Å². The molecule has 0 aromatic rings. The first-order valence-corrected chi connectivity index (χ1v) is 6.38. The van der Waals surface area contributed by atoms with Gasteiger partial charge in [0, 0.05) is 18.5 Å². The molecule has 0 aromatic carbocycles. The minimum atomic E-state index is 0.373. The quantitative estimate of drug-likeness (QED) is 0.574. The second kappa shape index (κ2) is 6.80. The summed E-state index contributed by atoms with van der Waals surface area (Å²) >= 11 is 3.44. The number of hydrogen-bond acceptors (Lipinski definition) is 2. The van der Waals surface area contributed by atoms with Crippen LogP contribution in [0.15, 0.2) is 0 Å². The summed E-state index contributed by atoms with van der Waals surface area (Å²) in [6.07, 6.45) is 5.11. The van der Waals surface area contributed by atoms with E-state index in [1.165, 1.54) is 38.8 Å².